The summed E-state index contributed by atoms with van der Waals surface area (Å²) < 4.78 is 38.4. The second-order valence-electron chi connectivity index (χ2n) is 6.88. The Labute approximate surface area is 157 Å². The van der Waals surface area contributed by atoms with Gasteiger partial charge in [-0.25, -0.2) is 0 Å². The van der Waals surface area contributed by atoms with Gasteiger partial charge in [0.25, 0.3) is 0 Å². The number of rotatable bonds is 4. The van der Waals surface area contributed by atoms with Crippen LogP contribution in [-0.2, 0) is 11.0 Å². The minimum absolute atomic E-state index is 0.138. The standard InChI is InChI=1S/C19H24ClF3N2O/c1-13(2)25-10-8-16(9-11-25)24(3)18(26)7-4-14-12-15(19(21,22)23)5-6-17(14)20/h4-7,12-13,16H,8-11H2,1-3H3/b7-4+. The number of likely N-dealkylation sites (N-methyl/N-ethyl adjacent to an activating group) is 1. The fourth-order valence-electron chi connectivity index (χ4n) is 3.10. The third kappa shape index (κ3) is 5.24. The van der Waals surface area contributed by atoms with E-state index in [2.05, 4.69) is 18.7 Å². The van der Waals surface area contributed by atoms with E-state index in [0.717, 1.165) is 38.1 Å². The van der Waals surface area contributed by atoms with Gasteiger partial charge in [0.2, 0.25) is 5.91 Å². The average molecular weight is 389 g/mol. The number of alkyl halides is 3. The van der Waals surface area contributed by atoms with E-state index in [1.807, 2.05) is 0 Å². The molecule has 0 unspecified atom stereocenters. The summed E-state index contributed by atoms with van der Waals surface area (Å²) >= 11 is 5.95. The Hall–Kier alpha value is -1.53. The highest BCUT2D eigenvalue weighted by molar-refractivity contribution is 6.32. The molecule has 144 valence electrons. The van der Waals surface area contributed by atoms with E-state index in [4.69, 9.17) is 11.6 Å². The molecule has 0 atom stereocenters. The number of hydrogen-bond acceptors (Lipinski definition) is 2. The summed E-state index contributed by atoms with van der Waals surface area (Å²) in [5.41, 5.74) is -0.610. The average Bonchev–Trinajstić information content (AvgIpc) is 2.59. The largest absolute Gasteiger partial charge is 0.416 e. The van der Waals surface area contributed by atoms with Crippen LogP contribution < -0.4 is 0 Å². The van der Waals surface area contributed by atoms with Crippen LogP contribution in [0.5, 0.6) is 0 Å². The molecule has 1 saturated heterocycles. The lowest BCUT2D eigenvalue weighted by atomic mass is 10.0. The van der Waals surface area contributed by atoms with Crippen LogP contribution in [-0.4, -0.2) is 47.9 Å². The lowest BCUT2D eigenvalue weighted by Gasteiger charge is -2.38. The van der Waals surface area contributed by atoms with Gasteiger partial charge < -0.3 is 9.80 Å². The topological polar surface area (TPSA) is 23.6 Å². The second-order valence-corrected chi connectivity index (χ2v) is 7.28. The molecule has 1 aliphatic rings. The molecule has 0 spiro atoms. The second kappa shape index (κ2) is 8.44. The van der Waals surface area contributed by atoms with E-state index in [9.17, 15) is 18.0 Å². The number of amides is 1. The van der Waals surface area contributed by atoms with Gasteiger partial charge in [0.05, 0.1) is 5.56 Å². The van der Waals surface area contributed by atoms with Gasteiger partial charge >= 0.3 is 6.18 Å². The Balaban J connectivity index is 2.03. The van der Waals surface area contributed by atoms with Crippen LogP contribution in [0.1, 0.15) is 37.8 Å². The van der Waals surface area contributed by atoms with Crippen LogP contribution in [0.3, 0.4) is 0 Å². The Morgan fingerprint density at radius 2 is 1.92 bits per heavy atom. The van der Waals surface area contributed by atoms with Crippen molar-refractivity contribution in [1.29, 1.82) is 0 Å². The molecule has 0 bridgehead atoms. The summed E-state index contributed by atoms with van der Waals surface area (Å²) in [5.74, 6) is -0.235. The van der Waals surface area contributed by atoms with Crippen molar-refractivity contribution in [3.63, 3.8) is 0 Å². The molecule has 0 saturated carbocycles. The van der Waals surface area contributed by atoms with Crippen LogP contribution in [0.15, 0.2) is 24.3 Å². The third-order valence-electron chi connectivity index (χ3n) is 4.85. The maximum Gasteiger partial charge on any atom is 0.416 e. The quantitative estimate of drug-likeness (QED) is 0.698. The maximum atomic E-state index is 12.8. The van der Waals surface area contributed by atoms with E-state index in [1.165, 1.54) is 18.2 Å². The monoisotopic (exact) mass is 388 g/mol. The van der Waals surface area contributed by atoms with Crippen molar-refractivity contribution in [1.82, 2.24) is 9.80 Å². The van der Waals surface area contributed by atoms with Gasteiger partial charge in [-0.3, -0.25) is 4.79 Å². The van der Waals surface area contributed by atoms with E-state index < -0.39 is 11.7 Å². The zero-order chi connectivity index (χ0) is 19.5. The van der Waals surface area contributed by atoms with Crippen molar-refractivity contribution in [2.45, 2.75) is 44.9 Å². The van der Waals surface area contributed by atoms with E-state index in [0.29, 0.717) is 6.04 Å². The molecule has 1 aromatic carbocycles. The Morgan fingerprint density at radius 3 is 2.46 bits per heavy atom. The van der Waals surface area contributed by atoms with Crippen molar-refractivity contribution < 1.29 is 18.0 Å². The summed E-state index contributed by atoms with van der Waals surface area (Å²) in [5, 5.41) is 0.176. The highest BCUT2D eigenvalue weighted by Crippen LogP contribution is 2.32. The Bertz CT molecular complexity index is 665. The lowest BCUT2D eigenvalue weighted by Crippen LogP contribution is -2.47. The molecule has 1 aliphatic heterocycles. The molecular formula is C19H24ClF3N2O. The predicted octanol–water partition coefficient (Wildman–Crippen LogP) is 4.70. The van der Waals surface area contributed by atoms with Gasteiger partial charge in [-0.2, -0.15) is 13.2 Å². The zero-order valence-electron chi connectivity index (χ0n) is 15.2. The highest BCUT2D eigenvalue weighted by Gasteiger charge is 2.30. The van der Waals surface area contributed by atoms with Crippen molar-refractivity contribution in [3.8, 4) is 0 Å². The van der Waals surface area contributed by atoms with E-state index in [1.54, 1.807) is 11.9 Å². The van der Waals surface area contributed by atoms with Crippen LogP contribution in [0, 0.1) is 0 Å². The molecular weight excluding hydrogens is 365 g/mol. The van der Waals surface area contributed by atoms with Crippen LogP contribution in [0.25, 0.3) is 6.08 Å². The van der Waals surface area contributed by atoms with Crippen molar-refractivity contribution in [3.05, 3.63) is 40.4 Å². The number of halogens is 4. The number of benzene rings is 1. The third-order valence-corrected chi connectivity index (χ3v) is 5.20. The Kier molecular flexibility index (Phi) is 6.74. The van der Waals surface area contributed by atoms with Crippen molar-refractivity contribution in [2.75, 3.05) is 20.1 Å². The van der Waals surface area contributed by atoms with Crippen LogP contribution in [0.2, 0.25) is 5.02 Å². The number of carbonyl (C=O) groups excluding carboxylic acids is 1. The SMILES string of the molecule is CC(C)N1CCC(N(C)C(=O)/C=C/c2cc(C(F)(F)F)ccc2Cl)CC1. The first-order valence-electron chi connectivity index (χ1n) is 8.65. The molecule has 1 amide bonds. The zero-order valence-corrected chi connectivity index (χ0v) is 15.9. The summed E-state index contributed by atoms with van der Waals surface area (Å²) in [6.45, 7) is 6.17. The lowest BCUT2D eigenvalue weighted by molar-refractivity contribution is -0.137. The summed E-state index contributed by atoms with van der Waals surface area (Å²) in [4.78, 5) is 16.4. The molecule has 26 heavy (non-hydrogen) atoms. The summed E-state index contributed by atoms with van der Waals surface area (Å²) in [6.07, 6.45) is -0.0364. The van der Waals surface area contributed by atoms with Gasteiger partial charge in [0.1, 0.15) is 0 Å². The van der Waals surface area contributed by atoms with Gasteiger partial charge in [-0.05, 0) is 56.5 Å². The maximum absolute atomic E-state index is 12.8. The van der Waals surface area contributed by atoms with E-state index >= 15 is 0 Å². The molecule has 2 rings (SSSR count). The normalized spacial score (nSPS) is 17.2. The number of piperidine rings is 1. The number of nitrogens with zero attached hydrogens (tertiary/aromatic N) is 2. The van der Waals surface area contributed by atoms with Gasteiger partial charge in [0.15, 0.2) is 0 Å². The molecule has 1 aromatic rings. The smallest absolute Gasteiger partial charge is 0.339 e. The molecule has 3 nitrogen and oxygen atoms in total. The number of hydrogen-bond donors (Lipinski definition) is 0. The number of likely N-dealkylation sites (tertiary alicyclic amines) is 1. The fourth-order valence-corrected chi connectivity index (χ4v) is 3.28. The van der Waals surface area contributed by atoms with Crippen LogP contribution in [0.4, 0.5) is 13.2 Å². The molecule has 7 heteroatoms. The van der Waals surface area contributed by atoms with Crippen LogP contribution >= 0.6 is 11.6 Å². The first kappa shape index (κ1) is 20.8. The molecule has 0 aliphatic carbocycles. The summed E-state index contributed by atoms with van der Waals surface area (Å²) in [6, 6.07) is 3.70. The molecule has 1 fully saturated rings. The first-order valence-corrected chi connectivity index (χ1v) is 9.03. The fraction of sp³-hybridized carbons (Fsp3) is 0.526. The molecule has 0 N–H and O–H groups in total. The van der Waals surface area contributed by atoms with Gasteiger partial charge in [0, 0.05) is 43.3 Å². The minimum Gasteiger partial charge on any atom is -0.339 e. The van der Waals surface area contributed by atoms with Gasteiger partial charge in [-0.15, -0.1) is 0 Å². The molecule has 0 radical (unpaired) electrons. The van der Waals surface area contributed by atoms with Gasteiger partial charge in [-0.1, -0.05) is 11.6 Å². The van der Waals surface area contributed by atoms with Crippen molar-refractivity contribution in [2.24, 2.45) is 0 Å². The van der Waals surface area contributed by atoms with E-state index in [-0.39, 0.29) is 22.5 Å². The Morgan fingerprint density at radius 1 is 1.31 bits per heavy atom. The predicted molar refractivity (Wildman–Crippen MR) is 98.0 cm³/mol. The summed E-state index contributed by atoms with van der Waals surface area (Å²) in [7, 11) is 1.73. The number of carbonyl (C=O) groups is 1. The highest BCUT2D eigenvalue weighted by atomic mass is 35.5. The molecule has 1 heterocycles. The molecule has 0 aromatic heterocycles. The minimum atomic E-state index is -4.45. The van der Waals surface area contributed by atoms with Crippen molar-refractivity contribution >= 4 is 23.6 Å². The first-order chi connectivity index (χ1) is 12.1.